The molecule has 0 radical (unpaired) electrons. The van der Waals surface area contributed by atoms with E-state index in [9.17, 15) is 5.11 Å². The van der Waals surface area contributed by atoms with Crippen molar-refractivity contribution in [3.05, 3.63) is 33.9 Å². The molecule has 0 saturated heterocycles. The second-order valence-electron chi connectivity index (χ2n) is 5.31. The fraction of sp³-hybridized carbons (Fsp3) is 0.625. The predicted molar refractivity (Wildman–Crippen MR) is 79.5 cm³/mol. The van der Waals surface area contributed by atoms with Crippen LogP contribution < -0.4 is 5.32 Å². The number of aliphatic hydroxyl groups excluding tert-OH is 2. The van der Waals surface area contributed by atoms with Gasteiger partial charge in [0.05, 0.1) is 12.7 Å². The highest BCUT2D eigenvalue weighted by Gasteiger charge is 2.23. The molecule has 0 aliphatic carbocycles. The Hall–Kier alpha value is -0.900. The van der Waals surface area contributed by atoms with Crippen molar-refractivity contribution in [1.82, 2.24) is 5.32 Å². The molecule has 2 unspecified atom stereocenters. The third-order valence-corrected chi connectivity index (χ3v) is 4.06. The minimum atomic E-state index is -0.532. The quantitative estimate of drug-likeness (QED) is 0.740. The minimum absolute atomic E-state index is 0.0225. The predicted octanol–water partition coefficient (Wildman–Crippen LogP) is 2.31. The highest BCUT2D eigenvalue weighted by Crippen LogP contribution is 2.30. The maximum Gasteiger partial charge on any atom is 0.0948 e. The molecule has 19 heavy (non-hydrogen) atoms. The molecule has 0 fully saturated rings. The molecular weight excluding hydrogens is 238 g/mol. The van der Waals surface area contributed by atoms with E-state index in [4.69, 9.17) is 5.11 Å². The Balaban J connectivity index is 3.13. The first-order chi connectivity index (χ1) is 8.93. The van der Waals surface area contributed by atoms with Gasteiger partial charge in [0.25, 0.3) is 0 Å². The smallest absolute Gasteiger partial charge is 0.0948 e. The highest BCUT2D eigenvalue weighted by molar-refractivity contribution is 5.45. The van der Waals surface area contributed by atoms with Crippen LogP contribution in [0.1, 0.15) is 47.3 Å². The first-order valence-corrected chi connectivity index (χ1v) is 7.03. The lowest BCUT2D eigenvalue weighted by Crippen LogP contribution is -2.36. The molecule has 108 valence electrons. The Morgan fingerprint density at radius 2 is 1.63 bits per heavy atom. The fourth-order valence-electron chi connectivity index (χ4n) is 2.62. The van der Waals surface area contributed by atoms with Crippen LogP contribution in [0.15, 0.2) is 6.07 Å². The number of nitrogens with one attached hydrogen (secondary N) is 1. The Morgan fingerprint density at radius 1 is 1.11 bits per heavy atom. The monoisotopic (exact) mass is 265 g/mol. The maximum absolute atomic E-state index is 10.7. The standard InChI is InChI=1S/C16H27NO2/c1-6-14(17-7-8-18)16(19)15-12(4)10(2)9-11(3)13(15)5/h9,14,16-19H,6-8H2,1-5H3. The molecule has 3 N–H and O–H groups in total. The zero-order valence-electron chi connectivity index (χ0n) is 12.7. The van der Waals surface area contributed by atoms with Crippen molar-refractivity contribution in [3.63, 3.8) is 0 Å². The summed E-state index contributed by atoms with van der Waals surface area (Å²) in [5, 5.41) is 22.8. The van der Waals surface area contributed by atoms with Crippen molar-refractivity contribution in [3.8, 4) is 0 Å². The Kier molecular flexibility index (Phi) is 5.98. The third-order valence-electron chi connectivity index (χ3n) is 4.06. The lowest BCUT2D eigenvalue weighted by molar-refractivity contribution is 0.121. The van der Waals surface area contributed by atoms with Crippen LogP contribution in [0.3, 0.4) is 0 Å². The van der Waals surface area contributed by atoms with Crippen LogP contribution in [-0.2, 0) is 0 Å². The minimum Gasteiger partial charge on any atom is -0.395 e. The molecule has 3 nitrogen and oxygen atoms in total. The molecular formula is C16H27NO2. The number of benzene rings is 1. The van der Waals surface area contributed by atoms with E-state index in [0.717, 1.165) is 12.0 Å². The molecule has 0 bridgehead atoms. The van der Waals surface area contributed by atoms with E-state index in [2.05, 4.69) is 39.1 Å². The van der Waals surface area contributed by atoms with Gasteiger partial charge in [-0.05, 0) is 61.9 Å². The largest absolute Gasteiger partial charge is 0.395 e. The second-order valence-corrected chi connectivity index (χ2v) is 5.31. The summed E-state index contributed by atoms with van der Waals surface area (Å²) < 4.78 is 0. The highest BCUT2D eigenvalue weighted by atomic mass is 16.3. The summed E-state index contributed by atoms with van der Waals surface area (Å²) in [5.41, 5.74) is 5.80. The molecule has 1 aromatic rings. The van der Waals surface area contributed by atoms with E-state index in [1.807, 2.05) is 6.92 Å². The first kappa shape index (κ1) is 16.2. The normalized spacial score (nSPS) is 14.5. The third kappa shape index (κ3) is 3.56. The van der Waals surface area contributed by atoms with Gasteiger partial charge in [0.15, 0.2) is 0 Å². The van der Waals surface area contributed by atoms with Gasteiger partial charge in [-0.3, -0.25) is 0 Å². The van der Waals surface area contributed by atoms with Gasteiger partial charge in [0, 0.05) is 12.6 Å². The Bertz CT molecular complexity index is 403. The van der Waals surface area contributed by atoms with Crippen molar-refractivity contribution >= 4 is 0 Å². The summed E-state index contributed by atoms with van der Waals surface area (Å²) in [6.07, 6.45) is 0.294. The van der Waals surface area contributed by atoms with Gasteiger partial charge in [0.2, 0.25) is 0 Å². The lowest BCUT2D eigenvalue weighted by Gasteiger charge is -2.27. The zero-order chi connectivity index (χ0) is 14.6. The molecule has 3 heteroatoms. The molecule has 0 aromatic heterocycles. The van der Waals surface area contributed by atoms with Crippen molar-refractivity contribution in [2.75, 3.05) is 13.2 Å². The van der Waals surface area contributed by atoms with Crippen LogP contribution >= 0.6 is 0 Å². The Morgan fingerprint density at radius 3 is 2.05 bits per heavy atom. The summed E-state index contributed by atoms with van der Waals surface area (Å²) >= 11 is 0. The van der Waals surface area contributed by atoms with Crippen LogP contribution in [0.2, 0.25) is 0 Å². The van der Waals surface area contributed by atoms with Crippen LogP contribution in [0.5, 0.6) is 0 Å². The van der Waals surface area contributed by atoms with Crippen LogP contribution in [0.4, 0.5) is 0 Å². The molecule has 0 aliphatic heterocycles. The van der Waals surface area contributed by atoms with Gasteiger partial charge in [-0.2, -0.15) is 0 Å². The van der Waals surface area contributed by atoms with E-state index in [1.165, 1.54) is 22.3 Å². The molecule has 0 saturated carbocycles. The van der Waals surface area contributed by atoms with Crippen molar-refractivity contribution in [2.24, 2.45) is 0 Å². The average Bonchev–Trinajstić information content (AvgIpc) is 2.37. The van der Waals surface area contributed by atoms with Gasteiger partial charge < -0.3 is 15.5 Å². The molecule has 0 heterocycles. The average molecular weight is 265 g/mol. The van der Waals surface area contributed by atoms with Crippen LogP contribution in [-0.4, -0.2) is 29.4 Å². The van der Waals surface area contributed by atoms with E-state index < -0.39 is 6.10 Å². The molecule has 0 spiro atoms. The number of aliphatic hydroxyl groups is 2. The molecule has 2 atom stereocenters. The first-order valence-electron chi connectivity index (χ1n) is 7.03. The second kappa shape index (κ2) is 7.04. The summed E-state index contributed by atoms with van der Waals surface area (Å²) in [6, 6.07) is 2.15. The van der Waals surface area contributed by atoms with Gasteiger partial charge >= 0.3 is 0 Å². The van der Waals surface area contributed by atoms with E-state index in [-0.39, 0.29) is 12.6 Å². The summed E-state index contributed by atoms with van der Waals surface area (Å²) in [5.74, 6) is 0. The fourth-order valence-corrected chi connectivity index (χ4v) is 2.62. The van der Waals surface area contributed by atoms with E-state index >= 15 is 0 Å². The molecule has 0 aliphatic rings. The summed E-state index contributed by atoms with van der Waals surface area (Å²) in [7, 11) is 0. The topological polar surface area (TPSA) is 52.5 Å². The maximum atomic E-state index is 10.7. The van der Waals surface area contributed by atoms with Crippen molar-refractivity contribution < 1.29 is 10.2 Å². The van der Waals surface area contributed by atoms with E-state index in [1.54, 1.807) is 0 Å². The molecule has 0 amide bonds. The number of hydrogen-bond donors (Lipinski definition) is 3. The lowest BCUT2D eigenvalue weighted by atomic mass is 9.87. The number of aryl methyl sites for hydroxylation is 2. The number of hydrogen-bond acceptors (Lipinski definition) is 3. The van der Waals surface area contributed by atoms with Gasteiger partial charge in [0.1, 0.15) is 0 Å². The van der Waals surface area contributed by atoms with Crippen LogP contribution in [0.25, 0.3) is 0 Å². The van der Waals surface area contributed by atoms with Gasteiger partial charge in [-0.15, -0.1) is 0 Å². The van der Waals surface area contributed by atoms with Crippen molar-refractivity contribution in [1.29, 1.82) is 0 Å². The summed E-state index contributed by atoms with van der Waals surface area (Å²) in [6.45, 7) is 11.0. The SMILES string of the molecule is CCC(NCCO)C(O)c1c(C)c(C)cc(C)c1C. The van der Waals surface area contributed by atoms with E-state index in [0.29, 0.717) is 6.54 Å². The summed E-state index contributed by atoms with van der Waals surface area (Å²) in [4.78, 5) is 0. The number of rotatable bonds is 6. The van der Waals surface area contributed by atoms with Crippen LogP contribution in [0, 0.1) is 27.7 Å². The molecule has 1 rings (SSSR count). The Labute approximate surface area is 116 Å². The van der Waals surface area contributed by atoms with Gasteiger partial charge in [-0.25, -0.2) is 0 Å². The van der Waals surface area contributed by atoms with Crippen molar-refractivity contribution in [2.45, 2.75) is 53.2 Å². The van der Waals surface area contributed by atoms with Gasteiger partial charge in [-0.1, -0.05) is 13.0 Å². The molecule has 1 aromatic carbocycles. The zero-order valence-corrected chi connectivity index (χ0v) is 12.7.